The van der Waals surface area contributed by atoms with Gasteiger partial charge in [-0.15, -0.1) is 0 Å². The number of aliphatic hydroxyl groups excluding tert-OH is 1. The molecule has 2 aliphatic carbocycles. The lowest BCUT2D eigenvalue weighted by molar-refractivity contribution is -0.138. The topological polar surface area (TPSA) is 37.3 Å². The molecule has 0 saturated heterocycles. The summed E-state index contributed by atoms with van der Waals surface area (Å²) in [5.41, 5.74) is 1.58. The van der Waals surface area contributed by atoms with Crippen LogP contribution in [0, 0.1) is 28.6 Å². The third-order valence-electron chi connectivity index (χ3n) is 6.58. The van der Waals surface area contributed by atoms with Crippen LogP contribution in [0.25, 0.3) is 0 Å². The molecule has 0 unspecified atom stereocenters. The van der Waals surface area contributed by atoms with Gasteiger partial charge in [-0.1, -0.05) is 46.3 Å². The minimum atomic E-state index is 0.0904. The fourth-order valence-corrected chi connectivity index (χ4v) is 5.54. The first kappa shape index (κ1) is 17.7. The van der Waals surface area contributed by atoms with E-state index < -0.39 is 0 Å². The van der Waals surface area contributed by atoms with Gasteiger partial charge in [0.05, 0.1) is 0 Å². The maximum absolute atomic E-state index is 12.4. The van der Waals surface area contributed by atoms with Crippen LogP contribution in [0.5, 0.6) is 0 Å². The van der Waals surface area contributed by atoms with E-state index in [1.807, 2.05) is 0 Å². The minimum Gasteiger partial charge on any atom is -0.396 e. The number of carbonyl (C=O) groups excluding carboxylic acids is 1. The Balaban J connectivity index is 2.19. The normalized spacial score (nSPS) is 36.0. The van der Waals surface area contributed by atoms with Crippen molar-refractivity contribution in [3.05, 3.63) is 12.2 Å². The van der Waals surface area contributed by atoms with E-state index in [1.54, 1.807) is 0 Å². The zero-order valence-electron chi connectivity index (χ0n) is 15.0. The zero-order valence-corrected chi connectivity index (χ0v) is 15.0. The van der Waals surface area contributed by atoms with Crippen LogP contribution in [-0.4, -0.2) is 17.5 Å². The molecule has 2 saturated carbocycles. The Morgan fingerprint density at radius 3 is 2.59 bits per heavy atom. The SMILES string of the molecule is C=C1CC[C@H]2C(C)(C)CC(=O)C[C@]2(C)[C@@H]1CC[C@@H](C)CCO. The number of hydrogen-bond acceptors (Lipinski definition) is 2. The van der Waals surface area contributed by atoms with Gasteiger partial charge in [-0.2, -0.15) is 0 Å². The van der Waals surface area contributed by atoms with Gasteiger partial charge < -0.3 is 5.11 Å². The van der Waals surface area contributed by atoms with Crippen LogP contribution in [0.3, 0.4) is 0 Å². The number of allylic oxidation sites excluding steroid dienone is 1. The van der Waals surface area contributed by atoms with Gasteiger partial charge in [-0.05, 0) is 54.3 Å². The highest BCUT2D eigenvalue weighted by Crippen LogP contribution is 2.61. The molecule has 0 heterocycles. The van der Waals surface area contributed by atoms with Crippen LogP contribution in [0.15, 0.2) is 12.2 Å². The number of aliphatic hydroxyl groups is 1. The molecule has 4 atom stereocenters. The Morgan fingerprint density at radius 1 is 1.27 bits per heavy atom. The zero-order chi connectivity index (χ0) is 16.5. The number of fused-ring (bicyclic) bond motifs is 1. The van der Waals surface area contributed by atoms with Gasteiger partial charge in [0.15, 0.2) is 0 Å². The highest BCUT2D eigenvalue weighted by atomic mass is 16.3. The Bertz CT molecular complexity index is 437. The molecule has 22 heavy (non-hydrogen) atoms. The smallest absolute Gasteiger partial charge is 0.134 e. The molecule has 0 radical (unpaired) electrons. The van der Waals surface area contributed by atoms with Crippen molar-refractivity contribution in [1.29, 1.82) is 0 Å². The highest BCUT2D eigenvalue weighted by molar-refractivity contribution is 5.81. The average Bonchev–Trinajstić information content (AvgIpc) is 2.35. The van der Waals surface area contributed by atoms with Crippen molar-refractivity contribution < 1.29 is 9.90 Å². The van der Waals surface area contributed by atoms with Crippen LogP contribution >= 0.6 is 0 Å². The molecule has 2 rings (SSSR count). The predicted octanol–water partition coefficient (Wildman–Crippen LogP) is 4.76. The number of rotatable bonds is 5. The Kier molecular flexibility index (Phi) is 5.21. The second-order valence-electron chi connectivity index (χ2n) is 8.88. The largest absolute Gasteiger partial charge is 0.396 e. The van der Waals surface area contributed by atoms with E-state index >= 15 is 0 Å². The molecule has 0 spiro atoms. The maximum Gasteiger partial charge on any atom is 0.134 e. The second-order valence-corrected chi connectivity index (χ2v) is 8.88. The lowest BCUT2D eigenvalue weighted by Gasteiger charge is -2.57. The van der Waals surface area contributed by atoms with Gasteiger partial charge in [0.1, 0.15) is 5.78 Å². The summed E-state index contributed by atoms with van der Waals surface area (Å²) in [4.78, 5) is 12.4. The highest BCUT2D eigenvalue weighted by Gasteiger charge is 2.54. The van der Waals surface area contributed by atoms with E-state index in [9.17, 15) is 4.79 Å². The van der Waals surface area contributed by atoms with Gasteiger partial charge in [0.25, 0.3) is 0 Å². The first-order chi connectivity index (χ1) is 10.2. The number of Topliss-reactive ketones (excluding diaryl/α,β-unsaturated/α-hetero) is 1. The monoisotopic (exact) mass is 306 g/mol. The van der Waals surface area contributed by atoms with Crippen molar-refractivity contribution in [2.24, 2.45) is 28.6 Å². The number of carbonyl (C=O) groups is 1. The summed E-state index contributed by atoms with van der Waals surface area (Å²) in [7, 11) is 0. The predicted molar refractivity (Wildman–Crippen MR) is 91.6 cm³/mol. The average molecular weight is 306 g/mol. The van der Waals surface area contributed by atoms with Crippen LogP contribution in [0.2, 0.25) is 0 Å². The quantitative estimate of drug-likeness (QED) is 0.743. The standard InChI is InChI=1S/C20H34O2/c1-14(10-11-21)6-8-17-15(2)7-9-18-19(3,4)12-16(22)13-20(17,18)5/h14,17-18,21H,2,6-13H2,1,3-5H3/t14-,17-,18+,20-/m1/s1. The molecule has 0 aliphatic heterocycles. The summed E-state index contributed by atoms with van der Waals surface area (Å²) in [6, 6.07) is 0. The van der Waals surface area contributed by atoms with Crippen molar-refractivity contribution in [2.75, 3.05) is 6.61 Å². The first-order valence-corrected chi connectivity index (χ1v) is 9.01. The van der Waals surface area contributed by atoms with Crippen LogP contribution in [0.1, 0.15) is 72.6 Å². The summed E-state index contributed by atoms with van der Waals surface area (Å²) in [6.45, 7) is 13.8. The first-order valence-electron chi connectivity index (χ1n) is 9.01. The summed E-state index contributed by atoms with van der Waals surface area (Å²) in [5, 5.41) is 9.10. The third kappa shape index (κ3) is 3.32. The number of hydrogen-bond donors (Lipinski definition) is 1. The van der Waals surface area contributed by atoms with Crippen LogP contribution < -0.4 is 0 Å². The molecule has 0 aromatic rings. The molecular weight excluding hydrogens is 272 g/mol. The molecule has 2 nitrogen and oxygen atoms in total. The van der Waals surface area contributed by atoms with Gasteiger partial charge >= 0.3 is 0 Å². The van der Waals surface area contributed by atoms with Gasteiger partial charge in [-0.25, -0.2) is 0 Å². The minimum absolute atomic E-state index is 0.0904. The van der Waals surface area contributed by atoms with E-state index in [4.69, 9.17) is 5.11 Å². The molecule has 126 valence electrons. The third-order valence-corrected chi connectivity index (χ3v) is 6.58. The fourth-order valence-electron chi connectivity index (χ4n) is 5.54. The molecule has 0 aromatic heterocycles. The van der Waals surface area contributed by atoms with Crippen molar-refractivity contribution in [3.8, 4) is 0 Å². The Hall–Kier alpha value is -0.630. The van der Waals surface area contributed by atoms with E-state index in [-0.39, 0.29) is 17.4 Å². The van der Waals surface area contributed by atoms with E-state index in [0.717, 1.165) is 38.5 Å². The molecular formula is C20H34O2. The fraction of sp³-hybridized carbons (Fsp3) is 0.850. The van der Waals surface area contributed by atoms with Crippen LogP contribution in [-0.2, 0) is 4.79 Å². The molecule has 2 fully saturated rings. The lowest BCUT2D eigenvalue weighted by Crippen LogP contribution is -2.52. The summed E-state index contributed by atoms with van der Waals surface area (Å²) >= 11 is 0. The summed E-state index contributed by atoms with van der Waals surface area (Å²) in [6.07, 6.45) is 6.92. The molecule has 0 amide bonds. The Morgan fingerprint density at radius 2 is 1.95 bits per heavy atom. The Labute approximate surface area is 136 Å². The van der Waals surface area contributed by atoms with Gasteiger partial charge in [-0.3, -0.25) is 4.79 Å². The van der Waals surface area contributed by atoms with E-state index in [2.05, 4.69) is 34.3 Å². The molecule has 0 aromatic carbocycles. The molecule has 2 heteroatoms. The summed E-state index contributed by atoms with van der Waals surface area (Å²) in [5.74, 6) is 2.08. The van der Waals surface area contributed by atoms with Crippen molar-refractivity contribution >= 4 is 5.78 Å². The van der Waals surface area contributed by atoms with Gasteiger partial charge in [0.2, 0.25) is 0 Å². The van der Waals surface area contributed by atoms with Crippen LogP contribution in [0.4, 0.5) is 0 Å². The van der Waals surface area contributed by atoms with E-state index in [1.165, 1.54) is 12.0 Å². The van der Waals surface area contributed by atoms with Crippen molar-refractivity contribution in [3.63, 3.8) is 0 Å². The number of ketones is 1. The van der Waals surface area contributed by atoms with Crippen molar-refractivity contribution in [2.45, 2.75) is 72.6 Å². The van der Waals surface area contributed by atoms with Crippen molar-refractivity contribution in [1.82, 2.24) is 0 Å². The van der Waals surface area contributed by atoms with E-state index in [0.29, 0.717) is 23.5 Å². The lowest BCUT2D eigenvalue weighted by atomic mass is 9.47. The molecule has 2 aliphatic rings. The maximum atomic E-state index is 12.4. The summed E-state index contributed by atoms with van der Waals surface area (Å²) < 4.78 is 0. The van der Waals surface area contributed by atoms with Gasteiger partial charge in [0, 0.05) is 19.4 Å². The molecule has 1 N–H and O–H groups in total. The second kappa shape index (κ2) is 6.47. The molecule has 0 bridgehead atoms.